The van der Waals surface area contributed by atoms with Gasteiger partial charge in [0, 0.05) is 11.6 Å². The first kappa shape index (κ1) is 12.6. The molecule has 0 aliphatic carbocycles. The maximum Gasteiger partial charge on any atom is 0.416 e. The number of aromatic nitrogens is 2. The van der Waals surface area contributed by atoms with Crippen LogP contribution in [0.2, 0.25) is 5.15 Å². The first-order valence-electron chi connectivity index (χ1n) is 4.84. The molecule has 94 valence electrons. The number of anilines is 1. The van der Waals surface area contributed by atoms with E-state index in [1.165, 1.54) is 18.2 Å². The largest absolute Gasteiger partial charge is 0.416 e. The Balaban J connectivity index is 2.40. The Morgan fingerprint density at radius 2 is 1.67 bits per heavy atom. The van der Waals surface area contributed by atoms with Gasteiger partial charge in [0.05, 0.1) is 5.56 Å². The van der Waals surface area contributed by atoms with Crippen molar-refractivity contribution in [2.45, 2.75) is 6.18 Å². The molecule has 0 saturated heterocycles. The van der Waals surface area contributed by atoms with Crippen molar-refractivity contribution in [1.29, 1.82) is 0 Å². The van der Waals surface area contributed by atoms with E-state index in [-0.39, 0.29) is 16.8 Å². The number of rotatable bonds is 1. The summed E-state index contributed by atoms with van der Waals surface area (Å²) in [5.74, 6) is 0.346. The molecule has 1 heterocycles. The lowest BCUT2D eigenvalue weighted by Crippen LogP contribution is -2.04. The Labute approximate surface area is 105 Å². The molecule has 2 aromatic rings. The van der Waals surface area contributed by atoms with Gasteiger partial charge in [0.15, 0.2) is 5.82 Å². The van der Waals surface area contributed by atoms with E-state index in [0.29, 0.717) is 5.56 Å². The molecule has 0 bridgehead atoms. The van der Waals surface area contributed by atoms with Crippen LogP contribution in [-0.4, -0.2) is 9.97 Å². The van der Waals surface area contributed by atoms with Crippen LogP contribution in [0.15, 0.2) is 30.3 Å². The van der Waals surface area contributed by atoms with Gasteiger partial charge in [-0.2, -0.15) is 13.2 Å². The third-order valence-electron chi connectivity index (χ3n) is 2.19. The molecule has 2 N–H and O–H groups in total. The van der Waals surface area contributed by atoms with E-state index in [9.17, 15) is 13.2 Å². The average Bonchev–Trinajstić information content (AvgIpc) is 2.27. The highest BCUT2D eigenvalue weighted by Crippen LogP contribution is 2.30. The molecule has 0 spiro atoms. The zero-order chi connectivity index (χ0) is 13.3. The van der Waals surface area contributed by atoms with Crippen molar-refractivity contribution in [3.63, 3.8) is 0 Å². The number of nitrogen functional groups attached to an aromatic ring is 1. The fourth-order valence-corrected chi connectivity index (χ4v) is 1.56. The maximum atomic E-state index is 12.4. The maximum absolute atomic E-state index is 12.4. The van der Waals surface area contributed by atoms with Crippen LogP contribution < -0.4 is 5.73 Å². The van der Waals surface area contributed by atoms with Gasteiger partial charge in [0.25, 0.3) is 0 Å². The Hall–Kier alpha value is -1.82. The second kappa shape index (κ2) is 4.45. The zero-order valence-corrected chi connectivity index (χ0v) is 9.63. The van der Waals surface area contributed by atoms with Crippen LogP contribution in [0, 0.1) is 0 Å². The Morgan fingerprint density at radius 1 is 1.06 bits per heavy atom. The molecule has 2 rings (SSSR count). The molecule has 1 aromatic carbocycles. The molecule has 7 heteroatoms. The molecule has 0 radical (unpaired) electrons. The van der Waals surface area contributed by atoms with Gasteiger partial charge in [-0.1, -0.05) is 23.7 Å². The van der Waals surface area contributed by atoms with Crippen LogP contribution in [0.4, 0.5) is 19.0 Å². The summed E-state index contributed by atoms with van der Waals surface area (Å²) in [4.78, 5) is 7.79. The Kier molecular flexibility index (Phi) is 3.13. The van der Waals surface area contributed by atoms with Crippen LogP contribution in [-0.2, 0) is 6.18 Å². The summed E-state index contributed by atoms with van der Waals surface area (Å²) in [6, 6.07) is 5.81. The normalized spacial score (nSPS) is 11.6. The van der Waals surface area contributed by atoms with E-state index >= 15 is 0 Å². The number of hydrogen-bond acceptors (Lipinski definition) is 3. The van der Waals surface area contributed by atoms with Gasteiger partial charge in [0.1, 0.15) is 11.0 Å². The van der Waals surface area contributed by atoms with E-state index < -0.39 is 11.7 Å². The van der Waals surface area contributed by atoms with Crippen molar-refractivity contribution in [1.82, 2.24) is 9.97 Å². The number of hydrogen-bond donors (Lipinski definition) is 1. The van der Waals surface area contributed by atoms with Gasteiger partial charge < -0.3 is 5.73 Å². The molecular formula is C11H7ClF3N3. The van der Waals surface area contributed by atoms with Crippen molar-refractivity contribution < 1.29 is 13.2 Å². The van der Waals surface area contributed by atoms with Gasteiger partial charge in [-0.25, -0.2) is 9.97 Å². The zero-order valence-electron chi connectivity index (χ0n) is 8.87. The number of benzene rings is 1. The SMILES string of the molecule is Nc1cc(Cl)nc(-c2ccc(C(F)(F)F)cc2)n1. The van der Waals surface area contributed by atoms with Crippen molar-refractivity contribution in [2.24, 2.45) is 0 Å². The summed E-state index contributed by atoms with van der Waals surface area (Å²) >= 11 is 5.69. The summed E-state index contributed by atoms with van der Waals surface area (Å²) in [5.41, 5.74) is 5.16. The minimum atomic E-state index is -4.37. The smallest absolute Gasteiger partial charge is 0.384 e. The fourth-order valence-electron chi connectivity index (χ4n) is 1.37. The minimum absolute atomic E-state index is 0.136. The lowest BCUT2D eigenvalue weighted by atomic mass is 10.1. The second-order valence-electron chi connectivity index (χ2n) is 3.51. The highest BCUT2D eigenvalue weighted by Gasteiger charge is 2.30. The van der Waals surface area contributed by atoms with Crippen molar-refractivity contribution in [3.8, 4) is 11.4 Å². The highest BCUT2D eigenvalue weighted by molar-refractivity contribution is 6.29. The first-order valence-corrected chi connectivity index (χ1v) is 5.22. The van der Waals surface area contributed by atoms with Crippen LogP contribution >= 0.6 is 11.6 Å². The third-order valence-corrected chi connectivity index (χ3v) is 2.38. The summed E-state index contributed by atoms with van der Waals surface area (Å²) in [5, 5.41) is 0.136. The molecule has 0 aliphatic heterocycles. The summed E-state index contributed by atoms with van der Waals surface area (Å²) in [7, 11) is 0. The monoisotopic (exact) mass is 273 g/mol. The fraction of sp³-hybridized carbons (Fsp3) is 0.0909. The second-order valence-corrected chi connectivity index (χ2v) is 3.90. The number of alkyl halides is 3. The summed E-state index contributed by atoms with van der Waals surface area (Å²) in [6.45, 7) is 0. The molecule has 3 nitrogen and oxygen atoms in total. The number of nitrogens with zero attached hydrogens (tertiary/aromatic N) is 2. The van der Waals surface area contributed by atoms with E-state index in [2.05, 4.69) is 9.97 Å². The predicted octanol–water partition coefficient (Wildman–Crippen LogP) is 3.40. The standard InChI is InChI=1S/C11H7ClF3N3/c12-8-5-9(16)18-10(17-8)6-1-3-7(4-2-6)11(13,14)15/h1-5H,(H2,16,17,18). The lowest BCUT2D eigenvalue weighted by Gasteiger charge is -2.07. The minimum Gasteiger partial charge on any atom is -0.384 e. The molecule has 0 unspecified atom stereocenters. The molecule has 0 fully saturated rings. The van der Waals surface area contributed by atoms with Crippen LogP contribution in [0.5, 0.6) is 0 Å². The Bertz CT molecular complexity index is 546. The van der Waals surface area contributed by atoms with Gasteiger partial charge in [0.2, 0.25) is 0 Å². The predicted molar refractivity (Wildman–Crippen MR) is 61.9 cm³/mol. The molecule has 18 heavy (non-hydrogen) atoms. The van der Waals surface area contributed by atoms with Crippen LogP contribution in [0.25, 0.3) is 11.4 Å². The van der Waals surface area contributed by atoms with E-state index in [0.717, 1.165) is 12.1 Å². The van der Waals surface area contributed by atoms with E-state index in [4.69, 9.17) is 17.3 Å². The number of halogens is 4. The van der Waals surface area contributed by atoms with Crippen molar-refractivity contribution in [3.05, 3.63) is 41.0 Å². The Morgan fingerprint density at radius 3 is 2.17 bits per heavy atom. The molecule has 0 aliphatic rings. The molecule has 0 saturated carbocycles. The topological polar surface area (TPSA) is 51.8 Å². The highest BCUT2D eigenvalue weighted by atomic mass is 35.5. The quantitative estimate of drug-likeness (QED) is 0.810. The van der Waals surface area contributed by atoms with Gasteiger partial charge >= 0.3 is 6.18 Å². The first-order chi connectivity index (χ1) is 8.36. The third kappa shape index (κ3) is 2.70. The van der Waals surface area contributed by atoms with Crippen LogP contribution in [0.1, 0.15) is 5.56 Å². The molecule has 0 atom stereocenters. The summed E-state index contributed by atoms with van der Waals surface area (Å²) in [6.07, 6.45) is -4.37. The molecule has 0 amide bonds. The molecule has 1 aromatic heterocycles. The molecular weight excluding hydrogens is 267 g/mol. The van der Waals surface area contributed by atoms with Gasteiger partial charge in [-0.05, 0) is 12.1 Å². The van der Waals surface area contributed by atoms with Crippen molar-refractivity contribution in [2.75, 3.05) is 5.73 Å². The van der Waals surface area contributed by atoms with Crippen molar-refractivity contribution >= 4 is 17.4 Å². The summed E-state index contributed by atoms with van der Waals surface area (Å²) < 4.78 is 37.1. The van der Waals surface area contributed by atoms with Gasteiger partial charge in [-0.3, -0.25) is 0 Å². The van der Waals surface area contributed by atoms with Gasteiger partial charge in [-0.15, -0.1) is 0 Å². The lowest BCUT2D eigenvalue weighted by molar-refractivity contribution is -0.137. The van der Waals surface area contributed by atoms with Crippen LogP contribution in [0.3, 0.4) is 0 Å². The van der Waals surface area contributed by atoms with E-state index in [1.54, 1.807) is 0 Å². The number of nitrogens with two attached hydrogens (primary N) is 1. The average molecular weight is 274 g/mol. The van der Waals surface area contributed by atoms with E-state index in [1.807, 2.05) is 0 Å².